The van der Waals surface area contributed by atoms with Gasteiger partial charge in [0.05, 0.1) is 0 Å². The molecule has 0 N–H and O–H groups in total. The molecule has 1 nitrogen and oxygen atoms in total. The zero-order valence-corrected chi connectivity index (χ0v) is 12.1. The summed E-state index contributed by atoms with van der Waals surface area (Å²) in [5.41, 5.74) is 0. The smallest absolute Gasteiger partial charge is 0 e. The molecule has 0 atom stereocenters. The molecule has 0 saturated carbocycles. The Morgan fingerprint density at radius 3 is 1.25 bits per heavy atom. The Morgan fingerprint density at radius 2 is 1.25 bits per heavy atom. The van der Waals surface area contributed by atoms with Crippen molar-refractivity contribution >= 4 is 75.9 Å². The number of hydrogen-bond donors (Lipinski definition) is 0. The third-order valence-corrected chi connectivity index (χ3v) is 0. The van der Waals surface area contributed by atoms with Crippen molar-refractivity contribution in [3.8, 4) is 0 Å². The van der Waals surface area contributed by atoms with Gasteiger partial charge in [-0.25, -0.2) is 0 Å². The third kappa shape index (κ3) is 8.83. The van der Waals surface area contributed by atoms with E-state index in [2.05, 4.69) is 0 Å². The molecule has 0 heterocycles. The summed E-state index contributed by atoms with van der Waals surface area (Å²) < 4.78 is 8.39. The van der Waals surface area contributed by atoms with Crippen LogP contribution in [0.1, 0.15) is 0 Å². The standard InChI is InChI=1S/Bi.O.Pb.Sn. The quantitative estimate of drug-likeness (QED) is 0.344. The summed E-state index contributed by atoms with van der Waals surface area (Å²) >= 11 is 0.0556. The van der Waals surface area contributed by atoms with Gasteiger partial charge in [0.15, 0.2) is 0 Å². The molecule has 0 amide bonds. The van der Waals surface area contributed by atoms with E-state index in [9.17, 15) is 0 Å². The van der Waals surface area contributed by atoms with Crippen molar-refractivity contribution in [2.24, 2.45) is 0 Å². The Morgan fingerprint density at radius 1 is 1.25 bits per heavy atom. The topological polar surface area (TPSA) is 17.1 Å². The molecule has 0 aromatic carbocycles. The first-order chi connectivity index (χ1) is 1.00. The molecule has 0 spiro atoms. The summed E-state index contributed by atoms with van der Waals surface area (Å²) in [6.07, 6.45) is 0. The average Bonchev–Trinajstić information content (AvgIpc) is 1.00. The zero-order chi connectivity index (χ0) is 2.00. The van der Waals surface area contributed by atoms with Crippen LogP contribution in [0.15, 0.2) is 0 Å². The molecule has 0 aromatic rings. The molecule has 4 heteroatoms. The zero-order valence-electron chi connectivity index (χ0n) is 1.86. The fourth-order valence-corrected chi connectivity index (χ4v) is 0. The van der Waals surface area contributed by atoms with Crippen LogP contribution in [-0.4, -0.2) is 75.9 Å². The maximum Gasteiger partial charge on any atom is 0 e. The summed E-state index contributed by atoms with van der Waals surface area (Å²) in [6, 6.07) is 0. The predicted molar refractivity (Wildman–Crippen MR) is 17.9 cm³/mol. The molecule has 0 aromatic heterocycles. The fraction of sp³-hybridized carbons (Fsp3) is 0. The first-order valence-corrected chi connectivity index (χ1v) is 1.79. The minimum atomic E-state index is 0. The van der Waals surface area contributed by atoms with Crippen molar-refractivity contribution in [2.75, 3.05) is 0 Å². The Hall–Kier alpha value is 2.40. The molecule has 0 aliphatic rings. The van der Waals surface area contributed by atoms with Gasteiger partial charge in [0.2, 0.25) is 0 Å². The van der Waals surface area contributed by atoms with Crippen molar-refractivity contribution < 1.29 is 2.69 Å². The van der Waals surface area contributed by atoms with Crippen LogP contribution in [0.4, 0.5) is 0 Å². The van der Waals surface area contributed by atoms with Crippen LogP contribution < -0.4 is 0 Å². The molecule has 0 rings (SSSR count). The summed E-state index contributed by atoms with van der Waals surface area (Å²) in [6.45, 7) is 0. The normalized spacial score (nSPS) is 1.00. The van der Waals surface area contributed by atoms with E-state index in [1.807, 2.05) is 0 Å². The molecule has 0 saturated heterocycles. The molecule has 9 radical (unpaired) electrons. The minimum absolute atomic E-state index is 0. The molecule has 0 bridgehead atoms. The summed E-state index contributed by atoms with van der Waals surface area (Å²) in [5, 5.41) is 0. The van der Waals surface area contributed by atoms with E-state index in [0.29, 0.717) is 0 Å². The summed E-state index contributed by atoms with van der Waals surface area (Å²) in [5.74, 6) is 0. The maximum atomic E-state index is 8.39. The van der Waals surface area contributed by atoms with Crippen LogP contribution in [0.3, 0.4) is 0 Å². The van der Waals surface area contributed by atoms with Gasteiger partial charge >= 0.3 is 28.5 Å². The Bertz CT molecular complexity index is 8.00. The van der Waals surface area contributed by atoms with E-state index in [1.165, 1.54) is 0 Å². The van der Waals surface area contributed by atoms with Crippen molar-refractivity contribution in [1.29, 1.82) is 0 Å². The monoisotopic (exact) mass is 553 g/mol. The second kappa shape index (κ2) is 18.1. The maximum absolute atomic E-state index is 8.39. The van der Waals surface area contributed by atoms with Crippen LogP contribution in [0.5, 0.6) is 0 Å². The second-order valence-electron chi connectivity index (χ2n) is 0. The number of rotatable bonds is 0. The largest absolute Gasteiger partial charge is 0 e. The van der Waals surface area contributed by atoms with Gasteiger partial charge in [-0.2, -0.15) is 0 Å². The van der Waals surface area contributed by atoms with E-state index in [1.54, 1.807) is 0 Å². The number of hydrogen-bond acceptors (Lipinski definition) is 1. The van der Waals surface area contributed by atoms with E-state index in [4.69, 9.17) is 2.69 Å². The molecule has 0 aliphatic heterocycles. The molecular formula is BiOPbSn. The first-order valence-electron chi connectivity index (χ1n) is 0.204. The SMILES string of the molecule is [Bi].[O]=[Pb].[Sn]. The molecule has 0 unspecified atom stereocenters. The van der Waals surface area contributed by atoms with Gasteiger partial charge in [-0.1, -0.05) is 0 Å². The Balaban J connectivity index is -0.00000000500. The van der Waals surface area contributed by atoms with E-state index < -0.39 is 0 Å². The van der Waals surface area contributed by atoms with Crippen molar-refractivity contribution in [3.05, 3.63) is 0 Å². The Kier molecular flexibility index (Phi) is 73.2. The summed E-state index contributed by atoms with van der Waals surface area (Å²) in [7, 11) is 0. The van der Waals surface area contributed by atoms with Crippen LogP contribution in [0, 0.1) is 0 Å². The molecule has 0 aliphatic carbocycles. The van der Waals surface area contributed by atoms with Crippen LogP contribution >= 0.6 is 0 Å². The van der Waals surface area contributed by atoms with Crippen LogP contribution in [-0.2, 0) is 2.69 Å². The van der Waals surface area contributed by atoms with Gasteiger partial charge in [-0.15, -0.1) is 0 Å². The van der Waals surface area contributed by atoms with Gasteiger partial charge < -0.3 is 0 Å². The second-order valence-corrected chi connectivity index (χ2v) is 0. The van der Waals surface area contributed by atoms with Crippen molar-refractivity contribution in [3.63, 3.8) is 0 Å². The van der Waals surface area contributed by atoms with Crippen LogP contribution in [0.25, 0.3) is 0 Å². The molecule has 0 fully saturated rings. The minimum Gasteiger partial charge on any atom is 0 e. The van der Waals surface area contributed by atoms with Gasteiger partial charge in [0.1, 0.15) is 0 Å². The summed E-state index contributed by atoms with van der Waals surface area (Å²) in [4.78, 5) is 0. The van der Waals surface area contributed by atoms with Crippen molar-refractivity contribution in [1.82, 2.24) is 0 Å². The van der Waals surface area contributed by atoms with E-state index in [-0.39, 0.29) is 75.9 Å². The van der Waals surface area contributed by atoms with Gasteiger partial charge in [-0.05, 0) is 0 Å². The van der Waals surface area contributed by atoms with Gasteiger partial charge in [0.25, 0.3) is 0 Å². The molecular weight excluding hydrogens is 551 g/mol. The predicted octanol–water partition coefficient (Wildman–Crippen LogP) is -1.26. The average molecular weight is 551 g/mol. The van der Waals surface area contributed by atoms with E-state index in [0.717, 1.165) is 0 Å². The van der Waals surface area contributed by atoms with Crippen LogP contribution in [0.2, 0.25) is 0 Å². The van der Waals surface area contributed by atoms with E-state index >= 15 is 0 Å². The van der Waals surface area contributed by atoms with Crippen molar-refractivity contribution in [2.45, 2.75) is 0 Å². The first kappa shape index (κ1) is 16.1. The fourth-order valence-electron chi connectivity index (χ4n) is 0. The Labute approximate surface area is 77.1 Å². The van der Waals surface area contributed by atoms with Gasteiger partial charge in [-0.3, -0.25) is 0 Å². The molecule has 4 heavy (non-hydrogen) atoms. The third-order valence-electron chi connectivity index (χ3n) is 0. The van der Waals surface area contributed by atoms with Gasteiger partial charge in [0, 0.05) is 50.1 Å². The molecule has 19 valence electrons.